The summed E-state index contributed by atoms with van der Waals surface area (Å²) in [6.45, 7) is 10.3. The molecule has 1 aliphatic rings. The number of aryl methyl sites for hydroxylation is 1. The SMILES string of the molecule is CCCCc1cc(C(=O)NC(CCC(=O)OC(C)(C)C)C(=O)N2CCN(OC(=O)OCC)CC2)nc(-c2ccccc2)n1. The van der Waals surface area contributed by atoms with Crippen molar-refractivity contribution in [2.45, 2.75) is 78.4 Å². The fraction of sp³-hybridized carbons (Fsp3) is 0.548. The Labute approximate surface area is 253 Å². The molecule has 1 unspecified atom stereocenters. The first-order valence-electron chi connectivity index (χ1n) is 14.8. The molecule has 0 bridgehead atoms. The molecule has 0 saturated carbocycles. The Morgan fingerprint density at radius 3 is 2.33 bits per heavy atom. The first-order chi connectivity index (χ1) is 20.5. The lowest BCUT2D eigenvalue weighted by Gasteiger charge is -2.35. The largest absolute Gasteiger partial charge is 0.527 e. The number of esters is 1. The van der Waals surface area contributed by atoms with Crippen molar-refractivity contribution in [1.82, 2.24) is 25.2 Å². The summed E-state index contributed by atoms with van der Waals surface area (Å²) in [7, 11) is 0. The van der Waals surface area contributed by atoms with Crippen LogP contribution in [-0.2, 0) is 30.3 Å². The van der Waals surface area contributed by atoms with Crippen LogP contribution in [0.25, 0.3) is 11.4 Å². The van der Waals surface area contributed by atoms with Crippen molar-refractivity contribution in [3.63, 3.8) is 0 Å². The predicted octanol–water partition coefficient (Wildman–Crippen LogP) is 3.94. The second kappa shape index (κ2) is 16.0. The van der Waals surface area contributed by atoms with E-state index in [2.05, 4.69) is 22.2 Å². The molecule has 2 amide bonds. The highest BCUT2D eigenvalue weighted by atomic mass is 16.8. The first kappa shape index (κ1) is 33.4. The molecular weight excluding hydrogens is 554 g/mol. The van der Waals surface area contributed by atoms with Crippen LogP contribution < -0.4 is 5.32 Å². The average molecular weight is 598 g/mol. The number of carbonyl (C=O) groups is 4. The number of hydrogen-bond acceptors (Lipinski definition) is 10. The van der Waals surface area contributed by atoms with E-state index in [-0.39, 0.29) is 57.2 Å². The van der Waals surface area contributed by atoms with Gasteiger partial charge in [-0.25, -0.2) is 14.8 Å². The van der Waals surface area contributed by atoms with Gasteiger partial charge in [-0.3, -0.25) is 14.4 Å². The van der Waals surface area contributed by atoms with Crippen LogP contribution in [0.3, 0.4) is 0 Å². The fourth-order valence-electron chi connectivity index (χ4n) is 4.43. The highest BCUT2D eigenvalue weighted by Crippen LogP contribution is 2.18. The van der Waals surface area contributed by atoms with Crippen LogP contribution in [0.4, 0.5) is 4.79 Å². The summed E-state index contributed by atoms with van der Waals surface area (Å²) in [5.74, 6) is -0.934. The number of nitrogens with zero attached hydrogens (tertiary/aromatic N) is 4. The van der Waals surface area contributed by atoms with Crippen LogP contribution in [0.2, 0.25) is 0 Å². The lowest BCUT2D eigenvalue weighted by Crippen LogP contribution is -2.55. The molecule has 12 heteroatoms. The molecular formula is C31H43N5O7. The first-order valence-corrected chi connectivity index (χ1v) is 14.8. The number of nitrogens with one attached hydrogen (secondary N) is 1. The van der Waals surface area contributed by atoms with E-state index in [1.54, 1.807) is 38.7 Å². The second-order valence-corrected chi connectivity index (χ2v) is 11.2. The minimum Gasteiger partial charge on any atom is -0.460 e. The summed E-state index contributed by atoms with van der Waals surface area (Å²) in [4.78, 5) is 67.4. The van der Waals surface area contributed by atoms with Crippen LogP contribution in [0.5, 0.6) is 0 Å². The Hall–Kier alpha value is -4.06. The molecule has 1 aliphatic heterocycles. The van der Waals surface area contributed by atoms with Gasteiger partial charge in [-0.1, -0.05) is 43.7 Å². The fourth-order valence-corrected chi connectivity index (χ4v) is 4.43. The zero-order valence-electron chi connectivity index (χ0n) is 25.8. The molecule has 1 aromatic carbocycles. The van der Waals surface area contributed by atoms with Crippen molar-refractivity contribution in [2.75, 3.05) is 32.8 Å². The third kappa shape index (κ3) is 10.9. The molecule has 1 saturated heterocycles. The predicted molar refractivity (Wildman–Crippen MR) is 159 cm³/mol. The summed E-state index contributed by atoms with van der Waals surface area (Å²) < 4.78 is 10.2. The Balaban J connectivity index is 1.79. The van der Waals surface area contributed by atoms with Crippen molar-refractivity contribution in [3.05, 3.63) is 47.8 Å². The summed E-state index contributed by atoms with van der Waals surface area (Å²) in [6.07, 6.45) is 1.71. The van der Waals surface area contributed by atoms with Crippen LogP contribution >= 0.6 is 0 Å². The molecule has 0 aliphatic carbocycles. The summed E-state index contributed by atoms with van der Waals surface area (Å²) >= 11 is 0. The van der Waals surface area contributed by atoms with E-state index in [4.69, 9.17) is 14.3 Å². The van der Waals surface area contributed by atoms with Gasteiger partial charge in [0.2, 0.25) is 5.91 Å². The summed E-state index contributed by atoms with van der Waals surface area (Å²) in [6, 6.07) is 10.0. The molecule has 3 rings (SSSR count). The molecule has 0 radical (unpaired) electrons. The number of hydrogen-bond donors (Lipinski definition) is 1. The van der Waals surface area contributed by atoms with Crippen LogP contribution in [-0.4, -0.2) is 88.3 Å². The smallest absolute Gasteiger partial charge is 0.460 e. The number of hydroxylamine groups is 2. The van der Waals surface area contributed by atoms with Gasteiger partial charge in [-0.15, -0.1) is 5.06 Å². The van der Waals surface area contributed by atoms with Gasteiger partial charge in [0.05, 0.1) is 19.7 Å². The standard InChI is InChI=1S/C31H43N5O7/c1-6-8-14-23-21-25(33-27(32-23)22-12-10-9-11-13-22)28(38)34-24(15-16-26(37)42-31(3,4)5)29(39)35-17-19-36(20-18-35)43-30(40)41-7-2/h9-13,21,24H,6-8,14-20H2,1-5H3,(H,34,38). The van der Waals surface area contributed by atoms with Crippen LogP contribution in [0.1, 0.15) is 76.5 Å². The number of amides is 2. The Morgan fingerprint density at radius 1 is 1.00 bits per heavy atom. The molecule has 2 heterocycles. The Bertz CT molecular complexity index is 1240. The van der Waals surface area contributed by atoms with E-state index in [1.807, 2.05) is 30.3 Å². The van der Waals surface area contributed by atoms with Gasteiger partial charge in [0, 0.05) is 30.8 Å². The maximum atomic E-state index is 13.7. The minimum atomic E-state index is -1.01. The molecule has 1 aromatic heterocycles. The van der Waals surface area contributed by atoms with E-state index in [0.29, 0.717) is 12.2 Å². The van der Waals surface area contributed by atoms with E-state index in [1.165, 1.54) is 5.06 Å². The molecule has 1 fully saturated rings. The van der Waals surface area contributed by atoms with Gasteiger partial charge in [-0.05, 0) is 53.0 Å². The van der Waals surface area contributed by atoms with E-state index in [9.17, 15) is 19.2 Å². The van der Waals surface area contributed by atoms with E-state index < -0.39 is 29.7 Å². The van der Waals surface area contributed by atoms with Gasteiger partial charge < -0.3 is 24.5 Å². The molecule has 43 heavy (non-hydrogen) atoms. The number of unbranched alkanes of at least 4 members (excludes halogenated alkanes) is 1. The number of carbonyl (C=O) groups excluding carboxylic acids is 4. The molecule has 2 aromatic rings. The Morgan fingerprint density at radius 2 is 1.70 bits per heavy atom. The molecule has 12 nitrogen and oxygen atoms in total. The zero-order valence-corrected chi connectivity index (χ0v) is 25.8. The topological polar surface area (TPSA) is 140 Å². The van der Waals surface area contributed by atoms with Gasteiger partial charge in [0.15, 0.2) is 5.82 Å². The quantitative estimate of drug-likeness (QED) is 0.358. The van der Waals surface area contributed by atoms with Crippen molar-refractivity contribution in [2.24, 2.45) is 0 Å². The monoisotopic (exact) mass is 597 g/mol. The molecule has 1 atom stereocenters. The van der Waals surface area contributed by atoms with E-state index in [0.717, 1.165) is 24.1 Å². The van der Waals surface area contributed by atoms with Gasteiger partial charge in [0.25, 0.3) is 5.91 Å². The van der Waals surface area contributed by atoms with Gasteiger partial charge >= 0.3 is 12.1 Å². The minimum absolute atomic E-state index is 0.0400. The third-order valence-corrected chi connectivity index (χ3v) is 6.51. The van der Waals surface area contributed by atoms with Crippen LogP contribution in [0, 0.1) is 0 Å². The summed E-state index contributed by atoms with van der Waals surface area (Å²) in [5, 5.41) is 4.25. The Kier molecular flexibility index (Phi) is 12.4. The number of benzene rings is 1. The zero-order chi connectivity index (χ0) is 31.4. The van der Waals surface area contributed by atoms with Crippen molar-refractivity contribution in [3.8, 4) is 11.4 Å². The normalized spacial score (nSPS) is 14.5. The highest BCUT2D eigenvalue weighted by Gasteiger charge is 2.31. The maximum Gasteiger partial charge on any atom is 0.527 e. The molecule has 0 spiro atoms. The van der Waals surface area contributed by atoms with Crippen molar-refractivity contribution in [1.29, 1.82) is 0 Å². The number of ether oxygens (including phenoxy) is 2. The number of rotatable bonds is 12. The van der Waals surface area contributed by atoms with Gasteiger partial charge in [0.1, 0.15) is 17.3 Å². The van der Waals surface area contributed by atoms with E-state index >= 15 is 0 Å². The lowest BCUT2D eigenvalue weighted by molar-refractivity contribution is -0.158. The number of aromatic nitrogens is 2. The van der Waals surface area contributed by atoms with Gasteiger partial charge in [-0.2, -0.15) is 0 Å². The average Bonchev–Trinajstić information content (AvgIpc) is 2.97. The molecule has 1 N–H and O–H groups in total. The number of piperazine rings is 1. The third-order valence-electron chi connectivity index (χ3n) is 6.51. The van der Waals surface area contributed by atoms with Crippen LogP contribution in [0.15, 0.2) is 36.4 Å². The lowest BCUT2D eigenvalue weighted by atomic mass is 10.1. The molecule has 234 valence electrons. The van der Waals surface area contributed by atoms with Crippen molar-refractivity contribution >= 4 is 23.9 Å². The maximum absolute atomic E-state index is 13.7. The highest BCUT2D eigenvalue weighted by molar-refractivity contribution is 5.96. The van der Waals surface area contributed by atoms with Crippen molar-refractivity contribution < 1.29 is 33.5 Å². The summed E-state index contributed by atoms with van der Waals surface area (Å²) in [5.41, 5.74) is 0.965. The second-order valence-electron chi connectivity index (χ2n) is 11.2.